The van der Waals surface area contributed by atoms with Gasteiger partial charge in [-0.05, 0) is 36.2 Å². The second kappa shape index (κ2) is 10.0. The molecule has 0 fully saturated rings. The number of hydrogen-bond acceptors (Lipinski definition) is 3. The van der Waals surface area contributed by atoms with E-state index in [-0.39, 0.29) is 0 Å². The topological polar surface area (TPSA) is 30.5 Å². The number of rotatable bonds is 9. The molecule has 0 aliphatic carbocycles. The molecule has 0 radical (unpaired) electrons. The van der Waals surface area contributed by atoms with Gasteiger partial charge in [0.05, 0.1) is 6.61 Å². The molecule has 0 atom stereocenters. The van der Waals surface area contributed by atoms with Gasteiger partial charge in [0.15, 0.2) is 11.5 Å². The van der Waals surface area contributed by atoms with E-state index >= 15 is 0 Å². The summed E-state index contributed by atoms with van der Waals surface area (Å²) in [6, 6.07) is 24.1. The zero-order valence-electron chi connectivity index (χ0n) is 15.5. The SMILES string of the molecule is CCOc1cc(CNCc2ccccc2)ccc1OCc1ccccc1Cl. The van der Waals surface area contributed by atoms with Gasteiger partial charge in [0.25, 0.3) is 0 Å². The summed E-state index contributed by atoms with van der Waals surface area (Å²) in [5.41, 5.74) is 3.37. The van der Waals surface area contributed by atoms with Crippen molar-refractivity contribution < 1.29 is 9.47 Å². The lowest BCUT2D eigenvalue weighted by molar-refractivity contribution is 0.269. The lowest BCUT2D eigenvalue weighted by Gasteiger charge is -2.14. The Morgan fingerprint density at radius 1 is 0.778 bits per heavy atom. The van der Waals surface area contributed by atoms with E-state index in [1.807, 2.05) is 49.4 Å². The summed E-state index contributed by atoms with van der Waals surface area (Å²) < 4.78 is 11.7. The minimum Gasteiger partial charge on any atom is -0.490 e. The van der Waals surface area contributed by atoms with Crippen molar-refractivity contribution in [2.45, 2.75) is 26.6 Å². The molecule has 3 nitrogen and oxygen atoms in total. The highest BCUT2D eigenvalue weighted by molar-refractivity contribution is 6.31. The van der Waals surface area contributed by atoms with Crippen LogP contribution in [0.4, 0.5) is 0 Å². The number of ether oxygens (including phenoxy) is 2. The van der Waals surface area contributed by atoms with Gasteiger partial charge in [-0.2, -0.15) is 0 Å². The van der Waals surface area contributed by atoms with Gasteiger partial charge in [0.2, 0.25) is 0 Å². The van der Waals surface area contributed by atoms with Crippen LogP contribution in [0.2, 0.25) is 5.02 Å². The molecule has 0 unspecified atom stereocenters. The van der Waals surface area contributed by atoms with Gasteiger partial charge in [-0.1, -0.05) is 66.2 Å². The van der Waals surface area contributed by atoms with Crippen LogP contribution in [0.3, 0.4) is 0 Å². The van der Waals surface area contributed by atoms with Gasteiger partial charge >= 0.3 is 0 Å². The third kappa shape index (κ3) is 5.75. The Labute approximate surface area is 165 Å². The monoisotopic (exact) mass is 381 g/mol. The van der Waals surface area contributed by atoms with Crippen molar-refractivity contribution >= 4 is 11.6 Å². The first kappa shape index (κ1) is 19.3. The van der Waals surface area contributed by atoms with Crippen LogP contribution in [0.5, 0.6) is 11.5 Å². The van der Waals surface area contributed by atoms with Crippen molar-refractivity contribution in [3.8, 4) is 11.5 Å². The summed E-state index contributed by atoms with van der Waals surface area (Å²) in [6.07, 6.45) is 0. The van der Waals surface area contributed by atoms with Gasteiger partial charge in [0.1, 0.15) is 6.61 Å². The predicted molar refractivity (Wildman–Crippen MR) is 110 cm³/mol. The Hall–Kier alpha value is -2.49. The Morgan fingerprint density at radius 3 is 2.30 bits per heavy atom. The van der Waals surface area contributed by atoms with Crippen molar-refractivity contribution in [1.82, 2.24) is 5.32 Å². The molecule has 27 heavy (non-hydrogen) atoms. The Balaban J connectivity index is 1.62. The van der Waals surface area contributed by atoms with Gasteiger partial charge in [0, 0.05) is 23.7 Å². The molecule has 0 aliphatic rings. The molecular formula is C23H24ClNO2. The molecule has 0 aromatic heterocycles. The maximum absolute atomic E-state index is 6.20. The minimum atomic E-state index is 0.408. The molecule has 0 aliphatic heterocycles. The normalized spacial score (nSPS) is 10.6. The first-order valence-electron chi connectivity index (χ1n) is 9.13. The molecule has 3 rings (SSSR count). The Bertz CT molecular complexity index is 852. The molecule has 3 aromatic rings. The molecule has 0 heterocycles. The summed E-state index contributed by atoms with van der Waals surface area (Å²) in [4.78, 5) is 0. The van der Waals surface area contributed by atoms with Crippen molar-refractivity contribution in [2.75, 3.05) is 6.61 Å². The zero-order valence-corrected chi connectivity index (χ0v) is 16.2. The standard InChI is InChI=1S/C23H24ClNO2/c1-2-26-23-14-19(16-25-15-18-8-4-3-5-9-18)12-13-22(23)27-17-20-10-6-7-11-21(20)24/h3-14,25H,2,15-17H2,1H3. The average Bonchev–Trinajstić information content (AvgIpc) is 2.69. The fourth-order valence-electron chi connectivity index (χ4n) is 2.77. The van der Waals surface area contributed by atoms with E-state index in [1.165, 1.54) is 5.56 Å². The first-order valence-corrected chi connectivity index (χ1v) is 9.50. The molecular weight excluding hydrogens is 358 g/mol. The highest BCUT2D eigenvalue weighted by Crippen LogP contribution is 2.30. The molecule has 0 saturated heterocycles. The van der Waals surface area contributed by atoms with Crippen LogP contribution in [-0.2, 0) is 19.7 Å². The van der Waals surface area contributed by atoms with Crippen LogP contribution in [0.15, 0.2) is 72.8 Å². The molecule has 0 amide bonds. The quantitative estimate of drug-likeness (QED) is 0.522. The van der Waals surface area contributed by atoms with Crippen LogP contribution in [0.1, 0.15) is 23.6 Å². The lowest BCUT2D eigenvalue weighted by Crippen LogP contribution is -2.12. The van der Waals surface area contributed by atoms with E-state index in [9.17, 15) is 0 Å². The summed E-state index contributed by atoms with van der Waals surface area (Å²) in [6.45, 7) is 4.56. The van der Waals surface area contributed by atoms with E-state index in [1.54, 1.807) is 0 Å². The van der Waals surface area contributed by atoms with Gasteiger partial charge in [-0.15, -0.1) is 0 Å². The van der Waals surface area contributed by atoms with E-state index < -0.39 is 0 Å². The Kier molecular flexibility index (Phi) is 7.14. The first-order chi connectivity index (χ1) is 13.3. The van der Waals surface area contributed by atoms with Crippen LogP contribution < -0.4 is 14.8 Å². The second-order valence-corrected chi connectivity index (χ2v) is 6.59. The van der Waals surface area contributed by atoms with E-state index in [0.29, 0.717) is 18.2 Å². The van der Waals surface area contributed by atoms with Crippen molar-refractivity contribution in [3.05, 3.63) is 94.5 Å². The van der Waals surface area contributed by atoms with Crippen LogP contribution in [-0.4, -0.2) is 6.61 Å². The van der Waals surface area contributed by atoms with Crippen LogP contribution in [0, 0.1) is 0 Å². The van der Waals surface area contributed by atoms with E-state index in [2.05, 4.69) is 35.6 Å². The smallest absolute Gasteiger partial charge is 0.161 e. The number of hydrogen-bond donors (Lipinski definition) is 1. The van der Waals surface area contributed by atoms with Crippen molar-refractivity contribution in [1.29, 1.82) is 0 Å². The minimum absolute atomic E-state index is 0.408. The molecule has 0 saturated carbocycles. The number of nitrogens with one attached hydrogen (secondary N) is 1. The fraction of sp³-hybridized carbons (Fsp3) is 0.217. The highest BCUT2D eigenvalue weighted by Gasteiger charge is 2.08. The summed E-state index contributed by atoms with van der Waals surface area (Å²) in [7, 11) is 0. The summed E-state index contributed by atoms with van der Waals surface area (Å²) in [5.74, 6) is 1.48. The third-order valence-electron chi connectivity index (χ3n) is 4.15. The summed E-state index contributed by atoms with van der Waals surface area (Å²) in [5, 5.41) is 4.16. The molecule has 0 bridgehead atoms. The zero-order chi connectivity index (χ0) is 18.9. The summed E-state index contributed by atoms with van der Waals surface area (Å²) >= 11 is 6.20. The fourth-order valence-corrected chi connectivity index (χ4v) is 2.96. The van der Waals surface area contributed by atoms with E-state index in [0.717, 1.165) is 35.7 Å². The maximum atomic E-state index is 6.20. The second-order valence-electron chi connectivity index (χ2n) is 6.18. The lowest BCUT2D eigenvalue weighted by atomic mass is 10.2. The predicted octanol–water partition coefficient (Wildman–Crippen LogP) is 5.61. The molecule has 0 spiro atoms. The maximum Gasteiger partial charge on any atom is 0.161 e. The van der Waals surface area contributed by atoms with Crippen LogP contribution in [0.25, 0.3) is 0 Å². The van der Waals surface area contributed by atoms with Gasteiger partial charge in [-0.25, -0.2) is 0 Å². The van der Waals surface area contributed by atoms with Crippen molar-refractivity contribution in [2.24, 2.45) is 0 Å². The Morgan fingerprint density at radius 2 is 1.52 bits per heavy atom. The van der Waals surface area contributed by atoms with E-state index in [4.69, 9.17) is 21.1 Å². The number of benzene rings is 3. The largest absolute Gasteiger partial charge is 0.490 e. The van der Waals surface area contributed by atoms with Crippen LogP contribution >= 0.6 is 11.6 Å². The molecule has 4 heteroatoms. The third-order valence-corrected chi connectivity index (χ3v) is 4.52. The highest BCUT2D eigenvalue weighted by atomic mass is 35.5. The van der Waals surface area contributed by atoms with Gasteiger partial charge < -0.3 is 14.8 Å². The molecule has 1 N–H and O–H groups in total. The number of halogens is 1. The molecule has 140 valence electrons. The van der Waals surface area contributed by atoms with Gasteiger partial charge in [-0.3, -0.25) is 0 Å². The van der Waals surface area contributed by atoms with Crippen molar-refractivity contribution in [3.63, 3.8) is 0 Å². The average molecular weight is 382 g/mol. The molecule has 3 aromatic carbocycles.